The van der Waals surface area contributed by atoms with Gasteiger partial charge in [-0.25, -0.2) is 0 Å². The summed E-state index contributed by atoms with van der Waals surface area (Å²) in [6.45, 7) is 2.89. The third-order valence-electron chi connectivity index (χ3n) is 5.27. The normalized spacial score (nSPS) is 14.6. The van der Waals surface area contributed by atoms with Crippen molar-refractivity contribution in [3.05, 3.63) is 98.4 Å². The van der Waals surface area contributed by atoms with Crippen LogP contribution < -0.4 is 9.47 Å². The maximum absolute atomic E-state index is 12.9. The molecule has 0 radical (unpaired) electrons. The number of ether oxygens (including phenoxy) is 2. The maximum atomic E-state index is 12.9. The number of hydrogen-bond donors (Lipinski definition) is 0. The number of benzene rings is 3. The van der Waals surface area contributed by atoms with Gasteiger partial charge in [0.15, 0.2) is 11.5 Å². The first-order valence-electron chi connectivity index (χ1n) is 11.1. The summed E-state index contributed by atoms with van der Waals surface area (Å²) < 4.78 is 11.7. The van der Waals surface area contributed by atoms with Crippen LogP contribution in [0.1, 0.15) is 23.6 Å². The van der Waals surface area contributed by atoms with E-state index >= 15 is 0 Å². The first-order chi connectivity index (χ1) is 16.9. The Hall–Kier alpha value is -2.93. The summed E-state index contributed by atoms with van der Waals surface area (Å²) in [6, 6.07) is 20.5. The van der Waals surface area contributed by atoms with Crippen LogP contribution in [0.2, 0.25) is 10.0 Å². The predicted molar refractivity (Wildman–Crippen MR) is 141 cm³/mol. The van der Waals surface area contributed by atoms with E-state index in [9.17, 15) is 9.59 Å². The SMILES string of the molecule is CCOc1cc(/C=C2\SC(=O)N(CCc3ccccc3)C2=O)cc(Cl)c1OCc1ccc(Cl)cc1. The van der Waals surface area contributed by atoms with Crippen molar-refractivity contribution in [1.29, 1.82) is 0 Å². The smallest absolute Gasteiger partial charge is 0.293 e. The molecular weight excluding hydrogens is 505 g/mol. The van der Waals surface area contributed by atoms with Gasteiger partial charge >= 0.3 is 0 Å². The Bertz CT molecular complexity index is 1250. The highest BCUT2D eigenvalue weighted by molar-refractivity contribution is 8.18. The molecule has 1 heterocycles. The summed E-state index contributed by atoms with van der Waals surface area (Å²) >= 11 is 13.4. The number of thioether (sulfide) groups is 1. The molecule has 1 aliphatic heterocycles. The molecular formula is C27H23Cl2NO4S. The molecule has 0 N–H and O–H groups in total. The zero-order valence-electron chi connectivity index (χ0n) is 19.0. The standard InChI is InChI=1S/C27H23Cl2NO4S/c1-2-33-23-15-20(14-22(29)25(23)34-17-19-8-10-21(28)11-9-19)16-24-26(31)30(27(32)35-24)13-12-18-6-4-3-5-7-18/h3-11,14-16H,2,12-13,17H2,1H3/b24-16-. The van der Waals surface area contributed by atoms with Crippen molar-refractivity contribution in [2.24, 2.45) is 0 Å². The Labute approximate surface area is 218 Å². The largest absolute Gasteiger partial charge is 0.490 e. The van der Waals surface area contributed by atoms with Crippen LogP contribution in [-0.4, -0.2) is 29.2 Å². The molecule has 180 valence electrons. The molecule has 0 unspecified atom stereocenters. The van der Waals surface area contributed by atoms with Crippen LogP contribution in [0.5, 0.6) is 11.5 Å². The Balaban J connectivity index is 1.50. The van der Waals surface area contributed by atoms with Crippen molar-refractivity contribution in [1.82, 2.24) is 4.90 Å². The zero-order valence-corrected chi connectivity index (χ0v) is 21.3. The average molecular weight is 528 g/mol. The van der Waals surface area contributed by atoms with Crippen molar-refractivity contribution < 1.29 is 19.1 Å². The molecule has 8 heteroatoms. The highest BCUT2D eigenvalue weighted by Crippen LogP contribution is 2.39. The van der Waals surface area contributed by atoms with Gasteiger partial charge in [0.05, 0.1) is 16.5 Å². The maximum Gasteiger partial charge on any atom is 0.293 e. The van der Waals surface area contributed by atoms with Crippen LogP contribution in [-0.2, 0) is 17.8 Å². The Kier molecular flexibility index (Phi) is 8.39. The quantitative estimate of drug-likeness (QED) is 0.274. The van der Waals surface area contributed by atoms with Gasteiger partial charge in [-0.3, -0.25) is 14.5 Å². The Morgan fingerprint density at radius 2 is 1.69 bits per heavy atom. The van der Waals surface area contributed by atoms with E-state index in [0.717, 1.165) is 22.9 Å². The number of rotatable bonds is 9. The lowest BCUT2D eigenvalue weighted by Crippen LogP contribution is -2.30. The van der Waals surface area contributed by atoms with E-state index in [1.54, 1.807) is 30.3 Å². The van der Waals surface area contributed by atoms with Gasteiger partial charge in [0.1, 0.15) is 6.61 Å². The van der Waals surface area contributed by atoms with Crippen LogP contribution in [0.15, 0.2) is 71.6 Å². The number of imide groups is 1. The third-order valence-corrected chi connectivity index (χ3v) is 6.71. The summed E-state index contributed by atoms with van der Waals surface area (Å²) in [5.41, 5.74) is 2.64. The van der Waals surface area contributed by atoms with Crippen molar-refractivity contribution in [2.75, 3.05) is 13.2 Å². The molecule has 2 amide bonds. The van der Waals surface area contributed by atoms with E-state index < -0.39 is 0 Å². The lowest BCUT2D eigenvalue weighted by atomic mass is 10.1. The van der Waals surface area contributed by atoms with Crippen LogP contribution in [0.3, 0.4) is 0 Å². The second-order valence-electron chi connectivity index (χ2n) is 7.75. The fourth-order valence-electron chi connectivity index (χ4n) is 3.54. The van der Waals surface area contributed by atoms with E-state index in [1.807, 2.05) is 49.4 Å². The lowest BCUT2D eigenvalue weighted by Gasteiger charge is -2.15. The van der Waals surface area contributed by atoms with Gasteiger partial charge in [0.25, 0.3) is 11.1 Å². The van der Waals surface area contributed by atoms with Crippen molar-refractivity contribution in [2.45, 2.75) is 20.0 Å². The molecule has 0 bridgehead atoms. The zero-order chi connectivity index (χ0) is 24.8. The monoisotopic (exact) mass is 527 g/mol. The van der Waals surface area contributed by atoms with Crippen molar-refractivity contribution in [3.63, 3.8) is 0 Å². The van der Waals surface area contributed by atoms with Gasteiger partial charge < -0.3 is 9.47 Å². The molecule has 1 saturated heterocycles. The number of carbonyl (C=O) groups excluding carboxylic acids is 2. The fraction of sp³-hybridized carbons (Fsp3) is 0.185. The minimum absolute atomic E-state index is 0.281. The third kappa shape index (κ3) is 6.40. The molecule has 35 heavy (non-hydrogen) atoms. The molecule has 0 saturated carbocycles. The molecule has 0 aliphatic carbocycles. The number of amides is 2. The van der Waals surface area contributed by atoms with E-state index in [2.05, 4.69) is 0 Å². The summed E-state index contributed by atoms with van der Waals surface area (Å²) in [5, 5.41) is 0.714. The van der Waals surface area contributed by atoms with Crippen LogP contribution >= 0.6 is 35.0 Å². The average Bonchev–Trinajstić information content (AvgIpc) is 3.11. The van der Waals surface area contributed by atoms with Gasteiger partial charge in [-0.2, -0.15) is 0 Å². The van der Waals surface area contributed by atoms with Crippen molar-refractivity contribution in [3.8, 4) is 11.5 Å². The number of carbonyl (C=O) groups is 2. The predicted octanol–water partition coefficient (Wildman–Crippen LogP) is 7.25. The van der Waals surface area contributed by atoms with Crippen LogP contribution in [0.25, 0.3) is 6.08 Å². The van der Waals surface area contributed by atoms with E-state index in [0.29, 0.717) is 51.6 Å². The molecule has 1 fully saturated rings. The highest BCUT2D eigenvalue weighted by Gasteiger charge is 2.34. The Morgan fingerprint density at radius 3 is 2.40 bits per heavy atom. The van der Waals surface area contributed by atoms with Gasteiger partial charge in [0.2, 0.25) is 0 Å². The lowest BCUT2D eigenvalue weighted by molar-refractivity contribution is -0.122. The molecule has 1 aliphatic rings. The summed E-state index contributed by atoms with van der Waals surface area (Å²) in [5.74, 6) is 0.563. The van der Waals surface area contributed by atoms with E-state index in [4.69, 9.17) is 32.7 Å². The van der Waals surface area contributed by atoms with Gasteiger partial charge in [0, 0.05) is 11.6 Å². The minimum atomic E-state index is -0.312. The van der Waals surface area contributed by atoms with Gasteiger partial charge in [-0.15, -0.1) is 0 Å². The number of halogens is 2. The topological polar surface area (TPSA) is 55.8 Å². The Morgan fingerprint density at radius 1 is 0.943 bits per heavy atom. The van der Waals surface area contributed by atoms with E-state index in [1.165, 1.54) is 4.90 Å². The minimum Gasteiger partial charge on any atom is -0.490 e. The first kappa shape index (κ1) is 25.2. The summed E-state index contributed by atoms with van der Waals surface area (Å²) in [6.07, 6.45) is 2.26. The molecule has 3 aromatic carbocycles. The van der Waals surface area contributed by atoms with Crippen molar-refractivity contribution >= 4 is 52.2 Å². The van der Waals surface area contributed by atoms with Gasteiger partial charge in [-0.05, 0) is 72.1 Å². The molecule has 0 aromatic heterocycles. The molecule has 4 rings (SSSR count). The van der Waals surface area contributed by atoms with Crippen LogP contribution in [0, 0.1) is 0 Å². The van der Waals surface area contributed by atoms with Gasteiger partial charge in [-0.1, -0.05) is 65.7 Å². The molecule has 0 spiro atoms. The molecule has 0 atom stereocenters. The second kappa shape index (κ2) is 11.7. The molecule has 3 aromatic rings. The first-order valence-corrected chi connectivity index (χ1v) is 12.6. The fourth-order valence-corrected chi connectivity index (χ4v) is 4.80. The number of hydrogen-bond acceptors (Lipinski definition) is 5. The summed E-state index contributed by atoms with van der Waals surface area (Å²) in [7, 11) is 0. The second-order valence-corrected chi connectivity index (χ2v) is 9.58. The number of nitrogens with zero attached hydrogens (tertiary/aromatic N) is 1. The van der Waals surface area contributed by atoms with E-state index in [-0.39, 0.29) is 17.8 Å². The summed E-state index contributed by atoms with van der Waals surface area (Å²) in [4.78, 5) is 27.0. The highest BCUT2D eigenvalue weighted by atomic mass is 35.5. The van der Waals surface area contributed by atoms with Crippen LogP contribution in [0.4, 0.5) is 4.79 Å². The molecule has 5 nitrogen and oxygen atoms in total.